The minimum Gasteiger partial charge on any atom is -0.457 e. The van der Waals surface area contributed by atoms with Crippen molar-refractivity contribution in [1.29, 1.82) is 0 Å². The topological polar surface area (TPSA) is 127 Å². The molecule has 3 aromatic rings. The predicted octanol–water partition coefficient (Wildman–Crippen LogP) is 2.47. The number of carbonyl (C=O) groups excluding carboxylic acids is 2. The standard InChI is InChI=1S/C25H31N5O4/c1-3-27-25(33)28-12-7-13-30-22-15-21(34-20-8-5-4-6-9-20)11-10-18(22)14-19(24(30)32)16-29-17(2)23(26)31/h4-6,8-11,14-15,17,29H,3,7,12-13,16H2,1-2H3,(H2,26,31)(H2,27,28,33). The van der Waals surface area contributed by atoms with Gasteiger partial charge >= 0.3 is 6.03 Å². The van der Waals surface area contributed by atoms with Crippen molar-refractivity contribution in [2.75, 3.05) is 13.1 Å². The Labute approximate surface area is 198 Å². The number of hydrogen-bond donors (Lipinski definition) is 4. The summed E-state index contributed by atoms with van der Waals surface area (Å²) in [6, 6.07) is 16.0. The van der Waals surface area contributed by atoms with Crippen molar-refractivity contribution in [3.8, 4) is 11.5 Å². The average molecular weight is 466 g/mol. The lowest BCUT2D eigenvalue weighted by Gasteiger charge is -2.16. The Morgan fingerprint density at radius 2 is 1.82 bits per heavy atom. The van der Waals surface area contributed by atoms with Crippen LogP contribution in [0, 0.1) is 0 Å². The van der Waals surface area contributed by atoms with E-state index in [1.165, 1.54) is 0 Å². The molecular weight excluding hydrogens is 434 g/mol. The Kier molecular flexibility index (Phi) is 8.64. The summed E-state index contributed by atoms with van der Waals surface area (Å²) in [5, 5.41) is 9.31. The molecule has 0 saturated carbocycles. The summed E-state index contributed by atoms with van der Waals surface area (Å²) >= 11 is 0. The van der Waals surface area contributed by atoms with Crippen molar-refractivity contribution in [3.63, 3.8) is 0 Å². The molecule has 0 aliphatic carbocycles. The fourth-order valence-electron chi connectivity index (χ4n) is 3.47. The van der Waals surface area contributed by atoms with Crippen LogP contribution in [0.4, 0.5) is 4.79 Å². The molecule has 9 nitrogen and oxygen atoms in total. The van der Waals surface area contributed by atoms with E-state index < -0.39 is 11.9 Å². The Morgan fingerprint density at radius 1 is 1.06 bits per heavy atom. The first-order valence-electron chi connectivity index (χ1n) is 11.3. The molecule has 3 rings (SSSR count). The summed E-state index contributed by atoms with van der Waals surface area (Å²) in [6.45, 7) is 5.06. The van der Waals surface area contributed by atoms with Gasteiger partial charge in [-0.25, -0.2) is 4.79 Å². The molecule has 0 spiro atoms. The van der Waals surface area contributed by atoms with E-state index in [9.17, 15) is 14.4 Å². The van der Waals surface area contributed by atoms with E-state index in [0.717, 1.165) is 10.9 Å². The maximum absolute atomic E-state index is 13.3. The normalized spacial score (nSPS) is 11.7. The van der Waals surface area contributed by atoms with Crippen LogP contribution >= 0.6 is 0 Å². The van der Waals surface area contributed by atoms with Gasteiger partial charge in [0.1, 0.15) is 11.5 Å². The zero-order valence-electron chi connectivity index (χ0n) is 19.5. The Hall–Kier alpha value is -3.85. The van der Waals surface area contributed by atoms with Gasteiger partial charge in [-0.3, -0.25) is 9.59 Å². The number of para-hydroxylation sites is 1. The minimum atomic E-state index is -0.563. The molecule has 0 radical (unpaired) electrons. The number of rotatable bonds is 11. The Morgan fingerprint density at radius 3 is 2.53 bits per heavy atom. The number of aryl methyl sites for hydroxylation is 1. The van der Waals surface area contributed by atoms with Crippen LogP contribution in [0.25, 0.3) is 10.9 Å². The largest absolute Gasteiger partial charge is 0.457 e. The Bertz CT molecular complexity index is 1190. The second-order valence-corrected chi connectivity index (χ2v) is 7.91. The molecule has 1 unspecified atom stereocenters. The lowest BCUT2D eigenvalue weighted by atomic mass is 10.1. The zero-order valence-corrected chi connectivity index (χ0v) is 19.5. The van der Waals surface area contributed by atoms with Gasteiger partial charge in [0.15, 0.2) is 0 Å². The van der Waals surface area contributed by atoms with E-state index in [2.05, 4.69) is 16.0 Å². The average Bonchev–Trinajstić information content (AvgIpc) is 2.82. The van der Waals surface area contributed by atoms with Crippen molar-refractivity contribution in [2.24, 2.45) is 5.73 Å². The number of fused-ring (bicyclic) bond motifs is 1. The molecule has 0 bridgehead atoms. The number of ether oxygens (including phenoxy) is 1. The molecule has 0 aliphatic rings. The molecule has 34 heavy (non-hydrogen) atoms. The van der Waals surface area contributed by atoms with Gasteiger partial charge < -0.3 is 31.0 Å². The predicted molar refractivity (Wildman–Crippen MR) is 132 cm³/mol. The summed E-state index contributed by atoms with van der Waals surface area (Å²) in [6.07, 6.45) is 0.560. The third-order valence-corrected chi connectivity index (χ3v) is 5.33. The monoisotopic (exact) mass is 465 g/mol. The van der Waals surface area contributed by atoms with E-state index in [-0.39, 0.29) is 18.1 Å². The van der Waals surface area contributed by atoms with Crippen LogP contribution in [0.3, 0.4) is 0 Å². The maximum atomic E-state index is 13.3. The van der Waals surface area contributed by atoms with E-state index in [1.807, 2.05) is 61.5 Å². The Balaban J connectivity index is 1.89. The first-order chi connectivity index (χ1) is 16.4. The smallest absolute Gasteiger partial charge is 0.314 e. The van der Waals surface area contributed by atoms with Gasteiger partial charge in [0.2, 0.25) is 5.91 Å². The number of nitrogens with two attached hydrogens (primary N) is 1. The van der Waals surface area contributed by atoms with E-state index in [4.69, 9.17) is 10.5 Å². The van der Waals surface area contributed by atoms with Gasteiger partial charge in [0.25, 0.3) is 5.56 Å². The molecule has 0 saturated heterocycles. The van der Waals surface area contributed by atoms with Crippen molar-refractivity contribution < 1.29 is 14.3 Å². The number of benzene rings is 2. The highest BCUT2D eigenvalue weighted by Crippen LogP contribution is 2.25. The number of nitrogens with one attached hydrogen (secondary N) is 3. The quantitative estimate of drug-likeness (QED) is 0.324. The highest BCUT2D eigenvalue weighted by Gasteiger charge is 2.14. The summed E-state index contributed by atoms with van der Waals surface area (Å²) in [5.41, 5.74) is 6.40. The number of pyridine rings is 1. The molecule has 1 aromatic heterocycles. The number of primary amides is 1. The molecule has 5 N–H and O–H groups in total. The minimum absolute atomic E-state index is 0.174. The first kappa shape index (κ1) is 24.8. The molecule has 0 aliphatic heterocycles. The van der Waals surface area contributed by atoms with E-state index >= 15 is 0 Å². The van der Waals surface area contributed by atoms with Crippen LogP contribution in [0.15, 0.2) is 59.4 Å². The number of urea groups is 1. The summed E-state index contributed by atoms with van der Waals surface area (Å²) in [7, 11) is 0. The lowest BCUT2D eigenvalue weighted by Crippen LogP contribution is -2.40. The van der Waals surface area contributed by atoms with Gasteiger partial charge in [-0.1, -0.05) is 18.2 Å². The van der Waals surface area contributed by atoms with Gasteiger partial charge in [-0.15, -0.1) is 0 Å². The SMILES string of the molecule is CCNC(=O)NCCCn1c(=O)c(CNC(C)C(N)=O)cc2ccc(Oc3ccccc3)cc21. The van der Waals surface area contributed by atoms with Crippen molar-refractivity contribution in [1.82, 2.24) is 20.5 Å². The second kappa shape index (κ2) is 11.9. The number of nitrogens with zero attached hydrogens (tertiary/aromatic N) is 1. The lowest BCUT2D eigenvalue weighted by molar-refractivity contribution is -0.119. The molecule has 1 heterocycles. The van der Waals surface area contributed by atoms with Crippen LogP contribution in [0.1, 0.15) is 25.8 Å². The molecule has 1 atom stereocenters. The highest BCUT2D eigenvalue weighted by atomic mass is 16.5. The number of aromatic nitrogens is 1. The zero-order chi connectivity index (χ0) is 24.5. The van der Waals surface area contributed by atoms with Crippen LogP contribution in [0.2, 0.25) is 0 Å². The van der Waals surface area contributed by atoms with Crippen LogP contribution < -0.4 is 32.0 Å². The maximum Gasteiger partial charge on any atom is 0.314 e. The van der Waals surface area contributed by atoms with E-state index in [0.29, 0.717) is 43.1 Å². The van der Waals surface area contributed by atoms with E-state index in [1.54, 1.807) is 11.5 Å². The first-order valence-corrected chi connectivity index (χ1v) is 11.3. The molecule has 0 fully saturated rings. The number of hydrogen-bond acceptors (Lipinski definition) is 5. The molecule has 2 aromatic carbocycles. The summed E-state index contributed by atoms with van der Waals surface area (Å²) in [5.74, 6) is 0.823. The van der Waals surface area contributed by atoms with Gasteiger partial charge in [0, 0.05) is 37.8 Å². The van der Waals surface area contributed by atoms with Crippen molar-refractivity contribution in [3.05, 3.63) is 70.5 Å². The van der Waals surface area contributed by atoms with Crippen LogP contribution in [-0.2, 0) is 17.9 Å². The van der Waals surface area contributed by atoms with Gasteiger partial charge in [0.05, 0.1) is 11.6 Å². The number of carbonyl (C=O) groups is 2. The summed E-state index contributed by atoms with van der Waals surface area (Å²) < 4.78 is 7.64. The van der Waals surface area contributed by atoms with Crippen LogP contribution in [0.5, 0.6) is 11.5 Å². The third-order valence-electron chi connectivity index (χ3n) is 5.33. The second-order valence-electron chi connectivity index (χ2n) is 7.91. The molecular formula is C25H31N5O4. The highest BCUT2D eigenvalue weighted by molar-refractivity contribution is 5.81. The van der Waals surface area contributed by atoms with Gasteiger partial charge in [-0.05, 0) is 56.0 Å². The molecule has 3 amide bonds. The van der Waals surface area contributed by atoms with Crippen molar-refractivity contribution >= 4 is 22.8 Å². The number of amides is 3. The summed E-state index contributed by atoms with van der Waals surface area (Å²) in [4.78, 5) is 36.4. The third kappa shape index (κ3) is 6.58. The molecule has 9 heteroatoms. The van der Waals surface area contributed by atoms with Crippen molar-refractivity contribution in [2.45, 2.75) is 39.4 Å². The fraction of sp³-hybridized carbons (Fsp3) is 0.320. The van der Waals surface area contributed by atoms with Crippen LogP contribution in [-0.4, -0.2) is 35.6 Å². The van der Waals surface area contributed by atoms with Gasteiger partial charge in [-0.2, -0.15) is 0 Å². The fourth-order valence-corrected chi connectivity index (χ4v) is 3.47. The molecule has 180 valence electrons.